The Morgan fingerprint density at radius 3 is 2.77 bits per heavy atom. The number of fused-ring (bicyclic) bond motifs is 1. The SMILES string of the molecule is CNC(=O)c1cc(Nc2cccc(N(C)C)c2)cc2c1OCCN2Cc1cccnc1. The highest BCUT2D eigenvalue weighted by Gasteiger charge is 2.25. The van der Waals surface area contributed by atoms with Crippen molar-refractivity contribution in [1.82, 2.24) is 10.3 Å². The number of hydrogen-bond donors (Lipinski definition) is 2. The molecule has 0 radical (unpaired) electrons. The summed E-state index contributed by atoms with van der Waals surface area (Å²) in [5, 5.41) is 6.18. The van der Waals surface area contributed by atoms with Crippen LogP contribution in [0.5, 0.6) is 5.75 Å². The molecule has 0 aliphatic carbocycles. The standard InChI is InChI=1S/C24H27N5O2/c1-25-24(30)21-13-19(27-18-7-4-8-20(12-18)28(2)3)14-22-23(21)31-11-10-29(22)16-17-6-5-9-26-15-17/h4-9,12-15,27H,10-11,16H2,1-3H3,(H,25,30). The molecule has 1 amide bonds. The number of rotatable bonds is 6. The Labute approximate surface area is 182 Å². The lowest BCUT2D eigenvalue weighted by molar-refractivity contribution is 0.0958. The van der Waals surface area contributed by atoms with E-state index in [9.17, 15) is 4.79 Å². The third kappa shape index (κ3) is 4.55. The van der Waals surface area contributed by atoms with Gasteiger partial charge in [0.25, 0.3) is 5.91 Å². The predicted octanol–water partition coefficient (Wildman–Crippen LogP) is 3.65. The van der Waals surface area contributed by atoms with Crippen LogP contribution in [0.3, 0.4) is 0 Å². The van der Waals surface area contributed by atoms with Crippen LogP contribution in [0, 0.1) is 0 Å². The molecule has 1 aliphatic heterocycles. The molecule has 2 heterocycles. The van der Waals surface area contributed by atoms with Crippen molar-refractivity contribution in [2.24, 2.45) is 0 Å². The molecule has 0 saturated heterocycles. The van der Waals surface area contributed by atoms with E-state index in [1.54, 1.807) is 13.2 Å². The minimum Gasteiger partial charge on any atom is -0.489 e. The molecular weight excluding hydrogens is 390 g/mol. The van der Waals surface area contributed by atoms with Crippen LogP contribution in [-0.4, -0.2) is 45.2 Å². The highest BCUT2D eigenvalue weighted by Crippen LogP contribution is 2.39. The number of nitrogens with one attached hydrogen (secondary N) is 2. The largest absolute Gasteiger partial charge is 0.489 e. The second-order valence-electron chi connectivity index (χ2n) is 7.65. The average molecular weight is 418 g/mol. The first-order valence-electron chi connectivity index (χ1n) is 10.3. The molecule has 0 unspecified atom stereocenters. The number of aromatic nitrogens is 1. The minimum atomic E-state index is -0.176. The van der Waals surface area contributed by atoms with Gasteiger partial charge in [-0.2, -0.15) is 0 Å². The van der Waals surface area contributed by atoms with Crippen molar-refractivity contribution in [3.63, 3.8) is 0 Å². The first-order valence-corrected chi connectivity index (χ1v) is 10.3. The summed E-state index contributed by atoms with van der Waals surface area (Å²) >= 11 is 0. The molecule has 2 aromatic carbocycles. The number of carbonyl (C=O) groups is 1. The fourth-order valence-electron chi connectivity index (χ4n) is 3.66. The second kappa shape index (κ2) is 8.95. The number of carbonyl (C=O) groups excluding carboxylic acids is 1. The monoisotopic (exact) mass is 417 g/mol. The summed E-state index contributed by atoms with van der Waals surface area (Å²) in [7, 11) is 5.65. The highest BCUT2D eigenvalue weighted by atomic mass is 16.5. The summed E-state index contributed by atoms with van der Waals surface area (Å²) < 4.78 is 5.95. The molecule has 7 nitrogen and oxygen atoms in total. The van der Waals surface area contributed by atoms with Gasteiger partial charge < -0.3 is 25.2 Å². The van der Waals surface area contributed by atoms with E-state index in [-0.39, 0.29) is 5.91 Å². The summed E-state index contributed by atoms with van der Waals surface area (Å²) in [5.74, 6) is 0.437. The van der Waals surface area contributed by atoms with E-state index in [0.717, 1.165) is 34.9 Å². The maximum atomic E-state index is 12.6. The average Bonchev–Trinajstić information content (AvgIpc) is 2.79. The first-order chi connectivity index (χ1) is 15.0. The van der Waals surface area contributed by atoms with E-state index < -0.39 is 0 Å². The van der Waals surface area contributed by atoms with Gasteiger partial charge in [0, 0.05) is 57.1 Å². The van der Waals surface area contributed by atoms with Gasteiger partial charge in [0.15, 0.2) is 5.75 Å². The number of pyridine rings is 1. The van der Waals surface area contributed by atoms with E-state index >= 15 is 0 Å². The van der Waals surface area contributed by atoms with Gasteiger partial charge in [-0.15, -0.1) is 0 Å². The molecule has 7 heteroatoms. The summed E-state index contributed by atoms with van der Waals surface area (Å²) in [6.07, 6.45) is 3.63. The summed E-state index contributed by atoms with van der Waals surface area (Å²) in [4.78, 5) is 21.1. The topological polar surface area (TPSA) is 69.7 Å². The van der Waals surface area contributed by atoms with Gasteiger partial charge in [0.1, 0.15) is 6.61 Å². The molecular formula is C24H27N5O2. The second-order valence-corrected chi connectivity index (χ2v) is 7.65. The number of hydrogen-bond acceptors (Lipinski definition) is 6. The van der Waals surface area contributed by atoms with Crippen LogP contribution in [-0.2, 0) is 6.54 Å². The predicted molar refractivity (Wildman–Crippen MR) is 125 cm³/mol. The van der Waals surface area contributed by atoms with Gasteiger partial charge in [0.2, 0.25) is 0 Å². The zero-order valence-electron chi connectivity index (χ0n) is 18.1. The van der Waals surface area contributed by atoms with Crippen molar-refractivity contribution in [1.29, 1.82) is 0 Å². The molecule has 160 valence electrons. The molecule has 0 saturated carbocycles. The summed E-state index contributed by atoms with van der Waals surface area (Å²) in [6.45, 7) is 1.94. The van der Waals surface area contributed by atoms with Crippen LogP contribution in [0.1, 0.15) is 15.9 Å². The Hall–Kier alpha value is -3.74. The molecule has 31 heavy (non-hydrogen) atoms. The number of nitrogens with zero attached hydrogens (tertiary/aromatic N) is 3. The zero-order valence-corrected chi connectivity index (χ0v) is 18.1. The number of anilines is 4. The molecule has 4 rings (SSSR count). The number of benzene rings is 2. The van der Waals surface area contributed by atoms with Crippen LogP contribution in [0.2, 0.25) is 0 Å². The molecule has 0 fully saturated rings. The van der Waals surface area contributed by atoms with Gasteiger partial charge in [0.05, 0.1) is 17.8 Å². The van der Waals surface area contributed by atoms with Gasteiger partial charge >= 0.3 is 0 Å². The van der Waals surface area contributed by atoms with Crippen molar-refractivity contribution in [2.75, 3.05) is 49.4 Å². The smallest absolute Gasteiger partial charge is 0.254 e. The highest BCUT2D eigenvalue weighted by molar-refractivity contribution is 6.00. The van der Waals surface area contributed by atoms with E-state index in [1.165, 1.54) is 0 Å². The third-order valence-corrected chi connectivity index (χ3v) is 5.24. The molecule has 0 spiro atoms. The van der Waals surface area contributed by atoms with E-state index in [2.05, 4.69) is 43.6 Å². The Bertz CT molecular complexity index is 1070. The Morgan fingerprint density at radius 2 is 2.03 bits per heavy atom. The Balaban J connectivity index is 1.72. The van der Waals surface area contributed by atoms with Gasteiger partial charge in [-0.3, -0.25) is 9.78 Å². The van der Waals surface area contributed by atoms with E-state index in [0.29, 0.717) is 24.5 Å². The third-order valence-electron chi connectivity index (χ3n) is 5.24. The summed E-state index contributed by atoms with van der Waals surface area (Å²) in [6, 6.07) is 16.0. The number of amides is 1. The fraction of sp³-hybridized carbons (Fsp3) is 0.250. The maximum absolute atomic E-state index is 12.6. The van der Waals surface area contributed by atoms with E-state index in [4.69, 9.17) is 4.74 Å². The van der Waals surface area contributed by atoms with Crippen molar-refractivity contribution < 1.29 is 9.53 Å². The fourth-order valence-corrected chi connectivity index (χ4v) is 3.66. The lowest BCUT2D eigenvalue weighted by atomic mass is 10.1. The Morgan fingerprint density at radius 1 is 1.16 bits per heavy atom. The molecule has 1 aliphatic rings. The Kier molecular flexibility index (Phi) is 5.93. The van der Waals surface area contributed by atoms with Crippen molar-refractivity contribution >= 4 is 28.7 Å². The van der Waals surface area contributed by atoms with Crippen LogP contribution in [0.15, 0.2) is 60.9 Å². The van der Waals surface area contributed by atoms with Crippen molar-refractivity contribution in [3.8, 4) is 5.75 Å². The van der Waals surface area contributed by atoms with Gasteiger partial charge in [-0.1, -0.05) is 12.1 Å². The molecule has 3 aromatic rings. The van der Waals surface area contributed by atoms with Crippen LogP contribution >= 0.6 is 0 Å². The van der Waals surface area contributed by atoms with Crippen LogP contribution in [0.4, 0.5) is 22.7 Å². The van der Waals surface area contributed by atoms with Gasteiger partial charge in [-0.25, -0.2) is 0 Å². The van der Waals surface area contributed by atoms with E-state index in [1.807, 2.05) is 50.6 Å². The summed E-state index contributed by atoms with van der Waals surface area (Å²) in [5.41, 5.74) is 5.38. The molecule has 0 atom stereocenters. The minimum absolute atomic E-state index is 0.176. The number of ether oxygens (including phenoxy) is 1. The normalized spacial score (nSPS) is 12.5. The quantitative estimate of drug-likeness (QED) is 0.638. The van der Waals surface area contributed by atoms with Crippen molar-refractivity contribution in [3.05, 3.63) is 72.1 Å². The van der Waals surface area contributed by atoms with Crippen LogP contribution < -0.4 is 25.2 Å². The zero-order chi connectivity index (χ0) is 21.8. The van der Waals surface area contributed by atoms with Crippen LogP contribution in [0.25, 0.3) is 0 Å². The lowest BCUT2D eigenvalue weighted by Crippen LogP contribution is -2.33. The molecule has 2 N–H and O–H groups in total. The lowest BCUT2D eigenvalue weighted by Gasteiger charge is -2.33. The molecule has 0 bridgehead atoms. The van der Waals surface area contributed by atoms with Crippen molar-refractivity contribution in [2.45, 2.75) is 6.54 Å². The van der Waals surface area contributed by atoms with Gasteiger partial charge in [-0.05, 0) is 42.0 Å². The maximum Gasteiger partial charge on any atom is 0.254 e. The first kappa shape index (κ1) is 20.5. The molecule has 1 aromatic heterocycles.